The lowest BCUT2D eigenvalue weighted by atomic mass is 10.0. The Balaban J connectivity index is 1.82. The Morgan fingerprint density at radius 1 is 1.14 bits per heavy atom. The minimum absolute atomic E-state index is 0.142. The van der Waals surface area contributed by atoms with E-state index in [9.17, 15) is 9.59 Å². The molecule has 3 N–H and O–H groups in total. The molecule has 0 atom stereocenters. The number of carbonyl (C=O) groups excluding carboxylic acids is 2. The highest BCUT2D eigenvalue weighted by Gasteiger charge is 2.27. The van der Waals surface area contributed by atoms with Crippen molar-refractivity contribution in [3.8, 4) is 0 Å². The summed E-state index contributed by atoms with van der Waals surface area (Å²) in [4.78, 5) is 26.6. The molecule has 0 aliphatic carbocycles. The van der Waals surface area contributed by atoms with Crippen LogP contribution < -0.4 is 16.0 Å². The summed E-state index contributed by atoms with van der Waals surface area (Å²) in [6, 6.07) is 10.8. The molecular formula is C21H21N5O2. The van der Waals surface area contributed by atoms with E-state index in [1.165, 1.54) is 0 Å². The van der Waals surface area contributed by atoms with Crippen molar-refractivity contribution in [2.24, 2.45) is 12.8 Å². The van der Waals surface area contributed by atoms with Gasteiger partial charge in [-0.15, -0.1) is 0 Å². The number of carbonyl (C=O) groups is 2. The van der Waals surface area contributed by atoms with Gasteiger partial charge < -0.3 is 16.0 Å². The zero-order chi connectivity index (χ0) is 20.0. The van der Waals surface area contributed by atoms with Gasteiger partial charge in [0.25, 0.3) is 5.91 Å². The van der Waals surface area contributed by atoms with Crippen molar-refractivity contribution in [3.05, 3.63) is 70.4 Å². The van der Waals surface area contributed by atoms with E-state index in [1.807, 2.05) is 32.2 Å². The lowest BCUT2D eigenvalue weighted by Gasteiger charge is -2.24. The summed E-state index contributed by atoms with van der Waals surface area (Å²) < 4.78 is 1.77. The quantitative estimate of drug-likeness (QED) is 0.720. The number of hydrogen-bond acceptors (Lipinski definition) is 4. The Morgan fingerprint density at radius 3 is 2.64 bits per heavy atom. The van der Waals surface area contributed by atoms with Crippen LogP contribution in [0.15, 0.2) is 42.6 Å². The van der Waals surface area contributed by atoms with Crippen LogP contribution in [-0.4, -0.2) is 21.6 Å². The first-order valence-corrected chi connectivity index (χ1v) is 8.96. The number of primary amides is 1. The van der Waals surface area contributed by atoms with Crippen molar-refractivity contribution in [2.75, 3.05) is 10.2 Å². The van der Waals surface area contributed by atoms with Crippen molar-refractivity contribution in [3.63, 3.8) is 0 Å². The molecule has 4 rings (SSSR count). The number of aryl methyl sites for hydroxylation is 3. The number of rotatable bonds is 2. The Bertz CT molecular complexity index is 1120. The molecular weight excluding hydrogens is 354 g/mol. The lowest BCUT2D eigenvalue weighted by Crippen LogP contribution is -2.30. The zero-order valence-corrected chi connectivity index (χ0v) is 16.0. The van der Waals surface area contributed by atoms with Crippen molar-refractivity contribution < 1.29 is 9.59 Å². The highest BCUT2D eigenvalue weighted by Crippen LogP contribution is 2.37. The number of nitrogens with one attached hydrogen (secondary N) is 1. The third-order valence-electron chi connectivity index (χ3n) is 5.03. The summed E-state index contributed by atoms with van der Waals surface area (Å²) in [5.74, 6) is 0.210. The number of amides is 2. The topological polar surface area (TPSA) is 93.2 Å². The number of benzene rings is 2. The maximum Gasteiger partial charge on any atom is 0.258 e. The van der Waals surface area contributed by atoms with E-state index in [0.29, 0.717) is 23.2 Å². The SMILES string of the molecule is Cc1ccc2c(c1)Nc1c(cnn1C)CN2C(=O)c1ccc(C(N)=O)cc1C. The zero-order valence-electron chi connectivity index (χ0n) is 16.0. The standard InChI is InChI=1S/C21H21N5O2/c1-12-4-7-18-17(8-12)24-20-15(10-23-25(20)3)11-26(18)21(28)16-6-5-14(19(22)27)9-13(16)2/h4-10,24H,11H2,1-3H3,(H2,22,27). The summed E-state index contributed by atoms with van der Waals surface area (Å²) in [6.07, 6.45) is 1.77. The average Bonchev–Trinajstić information content (AvgIpc) is 2.90. The molecule has 0 unspecified atom stereocenters. The second kappa shape index (κ2) is 6.53. The molecule has 142 valence electrons. The summed E-state index contributed by atoms with van der Waals surface area (Å²) in [5.41, 5.74) is 10.6. The fraction of sp³-hybridized carbons (Fsp3) is 0.190. The van der Waals surface area contributed by atoms with Crippen LogP contribution in [0.4, 0.5) is 17.2 Å². The number of nitrogens with two attached hydrogens (primary N) is 1. The smallest absolute Gasteiger partial charge is 0.258 e. The first kappa shape index (κ1) is 17.8. The van der Waals surface area contributed by atoms with Gasteiger partial charge >= 0.3 is 0 Å². The minimum atomic E-state index is -0.512. The molecule has 2 aromatic carbocycles. The molecule has 2 heterocycles. The van der Waals surface area contributed by atoms with E-state index < -0.39 is 5.91 Å². The first-order valence-electron chi connectivity index (χ1n) is 8.96. The number of nitrogens with zero attached hydrogens (tertiary/aromatic N) is 3. The Kier molecular flexibility index (Phi) is 4.15. The van der Waals surface area contributed by atoms with Gasteiger partial charge in [-0.3, -0.25) is 14.3 Å². The van der Waals surface area contributed by atoms with E-state index in [4.69, 9.17) is 5.73 Å². The Labute approximate surface area is 162 Å². The van der Waals surface area contributed by atoms with Crippen molar-refractivity contribution >= 4 is 29.0 Å². The van der Waals surface area contributed by atoms with Crippen LogP contribution >= 0.6 is 0 Å². The van der Waals surface area contributed by atoms with Crippen LogP contribution in [0.2, 0.25) is 0 Å². The van der Waals surface area contributed by atoms with Gasteiger partial charge in [-0.25, -0.2) is 0 Å². The summed E-state index contributed by atoms with van der Waals surface area (Å²) in [5, 5.41) is 7.73. The van der Waals surface area contributed by atoms with Crippen LogP contribution in [0, 0.1) is 13.8 Å². The van der Waals surface area contributed by atoms with Gasteiger partial charge in [0.15, 0.2) is 0 Å². The van der Waals surface area contributed by atoms with Crippen LogP contribution in [0.1, 0.15) is 37.4 Å². The molecule has 1 aromatic heterocycles. The normalized spacial score (nSPS) is 12.6. The summed E-state index contributed by atoms with van der Waals surface area (Å²) >= 11 is 0. The Hall–Kier alpha value is -3.61. The van der Waals surface area contributed by atoms with E-state index in [2.05, 4.69) is 10.4 Å². The third-order valence-corrected chi connectivity index (χ3v) is 5.03. The predicted molar refractivity (Wildman–Crippen MR) is 108 cm³/mol. The van der Waals surface area contributed by atoms with Crippen LogP contribution in [0.5, 0.6) is 0 Å². The molecule has 0 fully saturated rings. The van der Waals surface area contributed by atoms with Crippen molar-refractivity contribution in [2.45, 2.75) is 20.4 Å². The maximum atomic E-state index is 13.5. The van der Waals surface area contributed by atoms with Crippen molar-refractivity contribution in [1.82, 2.24) is 9.78 Å². The van der Waals surface area contributed by atoms with E-state index in [-0.39, 0.29) is 5.91 Å². The number of anilines is 3. The Morgan fingerprint density at radius 2 is 1.93 bits per heavy atom. The lowest BCUT2D eigenvalue weighted by molar-refractivity contribution is 0.0978. The number of fused-ring (bicyclic) bond motifs is 2. The molecule has 0 saturated heterocycles. The van der Waals surface area contributed by atoms with E-state index >= 15 is 0 Å². The van der Waals surface area contributed by atoms with E-state index in [1.54, 1.807) is 40.9 Å². The number of aromatic nitrogens is 2. The molecule has 0 spiro atoms. The molecule has 2 amide bonds. The predicted octanol–water partition coefficient (Wildman–Crippen LogP) is 3.04. The minimum Gasteiger partial charge on any atom is -0.366 e. The molecule has 1 aliphatic rings. The molecule has 7 nitrogen and oxygen atoms in total. The number of hydrogen-bond donors (Lipinski definition) is 2. The highest BCUT2D eigenvalue weighted by molar-refractivity contribution is 6.09. The third kappa shape index (κ3) is 2.90. The molecule has 0 saturated carbocycles. The highest BCUT2D eigenvalue weighted by atomic mass is 16.2. The molecule has 3 aromatic rings. The summed E-state index contributed by atoms with van der Waals surface area (Å²) in [7, 11) is 1.87. The van der Waals surface area contributed by atoms with Crippen LogP contribution in [-0.2, 0) is 13.6 Å². The second-order valence-corrected chi connectivity index (χ2v) is 7.07. The van der Waals surface area contributed by atoms with Gasteiger partial charge in [-0.05, 0) is 55.3 Å². The first-order chi connectivity index (χ1) is 13.3. The molecule has 0 bridgehead atoms. The monoisotopic (exact) mass is 375 g/mol. The van der Waals surface area contributed by atoms with Gasteiger partial charge in [0.05, 0.1) is 24.1 Å². The average molecular weight is 375 g/mol. The maximum absolute atomic E-state index is 13.5. The molecule has 1 aliphatic heterocycles. The van der Waals surface area contributed by atoms with Crippen LogP contribution in [0.25, 0.3) is 0 Å². The van der Waals surface area contributed by atoms with Crippen molar-refractivity contribution in [1.29, 1.82) is 0 Å². The van der Waals surface area contributed by atoms with Gasteiger partial charge in [-0.2, -0.15) is 5.10 Å². The second-order valence-electron chi connectivity index (χ2n) is 7.07. The van der Waals surface area contributed by atoms with Gasteiger partial charge in [-0.1, -0.05) is 6.07 Å². The summed E-state index contributed by atoms with van der Waals surface area (Å²) in [6.45, 7) is 4.21. The fourth-order valence-electron chi connectivity index (χ4n) is 3.51. The largest absolute Gasteiger partial charge is 0.366 e. The molecule has 28 heavy (non-hydrogen) atoms. The van der Waals surface area contributed by atoms with Gasteiger partial charge in [0, 0.05) is 23.7 Å². The molecule has 7 heteroatoms. The fourth-order valence-corrected chi connectivity index (χ4v) is 3.51. The molecule has 0 radical (unpaired) electrons. The van der Waals surface area contributed by atoms with Crippen LogP contribution in [0.3, 0.4) is 0 Å². The van der Waals surface area contributed by atoms with E-state index in [0.717, 1.165) is 28.3 Å². The van der Waals surface area contributed by atoms with Gasteiger partial charge in [0.1, 0.15) is 5.82 Å². The van der Waals surface area contributed by atoms with Gasteiger partial charge in [0.2, 0.25) is 5.91 Å².